The number of aromatic nitrogens is 6. The highest BCUT2D eigenvalue weighted by atomic mass is 16.5. The molecule has 97 heavy (non-hydrogen) atoms. The number of hydrogen-bond donors (Lipinski definition) is 13. The zero-order valence-electron chi connectivity index (χ0n) is 57.9. The number of aromatic amines is 6. The maximum Gasteiger partial charge on any atom is 0.308 e. The van der Waals surface area contributed by atoms with Crippen LogP contribution in [0.5, 0.6) is 34.5 Å². The molecule has 516 valence electrons. The van der Waals surface area contributed by atoms with Crippen molar-refractivity contribution in [1.82, 2.24) is 54.8 Å². The van der Waals surface area contributed by atoms with E-state index in [0.29, 0.717) is 41.0 Å². The summed E-state index contributed by atoms with van der Waals surface area (Å²) in [6.07, 6.45) is 22.7. The monoisotopic (exact) mass is 1320 g/mol. The summed E-state index contributed by atoms with van der Waals surface area (Å²) in [7, 11) is 10.3. The quantitative estimate of drug-likeness (QED) is 0.0144. The molecule has 0 fully saturated rings. The average Bonchev–Trinajstić information content (AvgIpc) is 1.73. The Balaban J connectivity index is 0.000000165. The van der Waals surface area contributed by atoms with Crippen LogP contribution in [0.25, 0.3) is 65.4 Å². The first kappa shape index (κ1) is 74.7. The molecule has 0 saturated heterocycles. The topological polar surface area (TPSA) is 273 Å². The van der Waals surface area contributed by atoms with Gasteiger partial charge in [0.1, 0.15) is 34.5 Å². The number of ether oxygens (including phenoxy) is 1. The van der Waals surface area contributed by atoms with Gasteiger partial charge in [0.25, 0.3) is 0 Å². The highest BCUT2D eigenvalue weighted by molar-refractivity contribution is 5.92. The summed E-state index contributed by atoms with van der Waals surface area (Å²) in [4.78, 5) is 39.5. The molecule has 0 unspecified atom stereocenters. The summed E-state index contributed by atoms with van der Waals surface area (Å²) in [6, 6.07) is 32.7. The lowest BCUT2D eigenvalue weighted by Gasteiger charge is -2.18. The zero-order valence-corrected chi connectivity index (χ0v) is 57.9. The Morgan fingerprint density at radius 2 is 0.856 bits per heavy atom. The fourth-order valence-electron chi connectivity index (χ4n) is 11.5. The van der Waals surface area contributed by atoms with E-state index in [-0.39, 0.29) is 5.97 Å². The molecule has 0 aliphatic carbocycles. The van der Waals surface area contributed by atoms with Crippen molar-refractivity contribution < 1.29 is 35.1 Å². The summed E-state index contributed by atoms with van der Waals surface area (Å²) in [6.45, 7) is 22.8. The number of nitrogens with two attached hydrogens (primary N) is 1. The number of phenols is 5. The molecule has 6 aromatic carbocycles. The highest BCUT2D eigenvalue weighted by Gasteiger charge is 2.14. The minimum absolute atomic E-state index is 0.297. The predicted molar refractivity (Wildman–Crippen MR) is 401 cm³/mol. The molecule has 19 heteroatoms. The van der Waals surface area contributed by atoms with E-state index in [1.54, 1.807) is 42.5 Å². The number of rotatable bonds is 25. The average molecular weight is 1320 g/mol. The largest absolute Gasteiger partial charge is 0.508 e. The number of aromatic hydroxyl groups is 5. The fourth-order valence-corrected chi connectivity index (χ4v) is 11.5. The number of hydrogen-bond acceptors (Lipinski definition) is 13. The lowest BCUT2D eigenvalue weighted by Crippen LogP contribution is -2.26. The van der Waals surface area contributed by atoms with Crippen molar-refractivity contribution in [3.8, 4) is 34.5 Å². The molecular weight excluding hydrogens is 1220 g/mol. The number of H-pyrrole nitrogens is 6. The molecule has 12 rings (SSSR count). The normalized spacial score (nSPS) is 11.1. The molecule has 0 saturated carbocycles. The Labute approximate surface area is 570 Å². The first-order valence-corrected chi connectivity index (χ1v) is 33.4. The van der Waals surface area contributed by atoms with E-state index in [1.807, 2.05) is 123 Å². The summed E-state index contributed by atoms with van der Waals surface area (Å²) in [5, 5.41) is 56.7. The molecule has 0 aliphatic heterocycles. The van der Waals surface area contributed by atoms with Gasteiger partial charge < -0.3 is 85.9 Å². The summed E-state index contributed by atoms with van der Waals surface area (Å²) in [5.74, 6) is 1.92. The maximum absolute atomic E-state index is 11.3. The van der Waals surface area contributed by atoms with Crippen LogP contribution in [-0.4, -0.2) is 182 Å². The van der Waals surface area contributed by atoms with Gasteiger partial charge in [-0.2, -0.15) is 0 Å². The SMILES string of the molecule is C=CCN(CC=C)CCc1c[nH]c2cccc(OC(C)=O)c12.CCCN(C)CCc1c[nH]c2ccc(O)cc12.CCN(C)CCc1c[nH]c2ccc(O)cc12.CN(C)CCc1c[nH]c2ccc(O)cc12.CNCCc1c[nH]c2ccc(O)cc12.NCCc1c[nH]c2ccc(O)cc12. The Bertz CT molecular complexity index is 4370. The van der Waals surface area contributed by atoms with E-state index < -0.39 is 0 Å². The molecule has 0 spiro atoms. The van der Waals surface area contributed by atoms with Gasteiger partial charge in [-0.15, -0.1) is 13.2 Å². The minimum atomic E-state index is -0.306. The molecule has 0 radical (unpaired) electrons. The minimum Gasteiger partial charge on any atom is -0.508 e. The van der Waals surface area contributed by atoms with Crippen molar-refractivity contribution in [3.05, 3.63) is 205 Å². The smallest absolute Gasteiger partial charge is 0.308 e. The first-order valence-electron chi connectivity index (χ1n) is 33.4. The molecule has 6 aromatic heterocycles. The molecule has 14 N–H and O–H groups in total. The zero-order chi connectivity index (χ0) is 69.8. The van der Waals surface area contributed by atoms with E-state index in [4.69, 9.17) is 10.5 Å². The van der Waals surface area contributed by atoms with Crippen LogP contribution < -0.4 is 15.8 Å². The Kier molecular flexibility index (Phi) is 29.3. The molecule has 0 amide bonds. The van der Waals surface area contributed by atoms with Crippen LogP contribution in [0.3, 0.4) is 0 Å². The fraction of sp³-hybridized carbons (Fsp3) is 0.321. The van der Waals surface area contributed by atoms with Gasteiger partial charge in [-0.05, 0) is 243 Å². The summed E-state index contributed by atoms with van der Waals surface area (Å²) in [5.41, 5.74) is 19.2. The maximum atomic E-state index is 11.3. The van der Waals surface area contributed by atoms with E-state index >= 15 is 0 Å². The molecular formula is C78H102N12O7. The van der Waals surface area contributed by atoms with Gasteiger partial charge in [0, 0.05) is 149 Å². The number of fused-ring (bicyclic) bond motifs is 6. The van der Waals surface area contributed by atoms with Gasteiger partial charge in [-0.3, -0.25) is 9.69 Å². The Morgan fingerprint density at radius 3 is 1.23 bits per heavy atom. The van der Waals surface area contributed by atoms with Crippen LogP contribution in [0.2, 0.25) is 0 Å². The van der Waals surface area contributed by atoms with E-state index in [0.717, 1.165) is 174 Å². The van der Waals surface area contributed by atoms with Crippen LogP contribution in [0.15, 0.2) is 172 Å². The number of carbonyl (C=O) groups excluding carboxylic acids is 1. The van der Waals surface area contributed by atoms with Crippen molar-refractivity contribution in [2.45, 2.75) is 65.7 Å². The van der Waals surface area contributed by atoms with Crippen molar-refractivity contribution in [2.75, 3.05) is 101 Å². The van der Waals surface area contributed by atoms with Crippen molar-refractivity contribution in [1.29, 1.82) is 0 Å². The van der Waals surface area contributed by atoms with Gasteiger partial charge >= 0.3 is 5.97 Å². The van der Waals surface area contributed by atoms with Crippen molar-refractivity contribution in [2.24, 2.45) is 5.73 Å². The lowest BCUT2D eigenvalue weighted by atomic mass is 10.1. The number of carbonyl (C=O) groups is 1. The van der Waals surface area contributed by atoms with Crippen LogP contribution in [0.1, 0.15) is 60.6 Å². The van der Waals surface area contributed by atoms with Gasteiger partial charge in [-0.25, -0.2) is 0 Å². The van der Waals surface area contributed by atoms with Gasteiger partial charge in [-0.1, -0.05) is 32.1 Å². The first-order chi connectivity index (χ1) is 46.8. The van der Waals surface area contributed by atoms with Crippen molar-refractivity contribution in [3.63, 3.8) is 0 Å². The summed E-state index contributed by atoms with van der Waals surface area (Å²) < 4.78 is 5.32. The molecule has 19 nitrogen and oxygen atoms in total. The lowest BCUT2D eigenvalue weighted by molar-refractivity contribution is -0.131. The highest BCUT2D eigenvalue weighted by Crippen LogP contribution is 2.31. The van der Waals surface area contributed by atoms with E-state index in [1.165, 1.54) is 35.6 Å². The Morgan fingerprint density at radius 1 is 0.485 bits per heavy atom. The molecule has 12 aromatic rings. The second-order valence-corrected chi connectivity index (χ2v) is 24.5. The second kappa shape index (κ2) is 38.1. The Hall–Kier alpha value is -9.73. The third-order valence-electron chi connectivity index (χ3n) is 16.8. The number of nitrogens with one attached hydrogen (secondary N) is 7. The predicted octanol–water partition coefficient (Wildman–Crippen LogP) is 13.4. The molecule has 0 aliphatic rings. The standard InChI is InChI=1S/C18H22N2O2.C14H20N2O.C13H18N2O.C12H16N2O.C11H14N2O.C10H12N2O/c1-4-10-20(11-5-2)12-9-15-13-19-16-7-6-8-17(18(15)16)22-14(3)21;1-3-7-16(2)8-6-11-10-15-14-5-4-12(17)9-13(11)14;1-3-15(2)7-6-10-9-14-13-5-4-11(16)8-12(10)13;1-14(2)6-5-9-8-13-12-4-3-10(15)7-11(9)12;1-12-5-4-8-7-13-11-3-2-9(14)6-10(8)11;11-4-3-7-6-12-10-2-1-8(13)5-9(7)10/h4-8,13,19H,1-2,9-12H2,3H3;4-5,9-10,15,17H,3,6-8H2,1-2H3;4-5,8-9,14,16H,3,6-7H2,1-2H3;3-4,7-8,13,15H,5-6H2,1-2H3;2-3,6-7,12-14H,4-5H2,1H3;1-2,5-6,12-13H,3-4,11H2. The number of esters is 1. The third-order valence-corrected chi connectivity index (χ3v) is 16.8. The van der Waals surface area contributed by atoms with Crippen LogP contribution in [0.4, 0.5) is 0 Å². The number of likely N-dealkylation sites (N-methyl/N-ethyl adjacent to an activating group) is 4. The van der Waals surface area contributed by atoms with Gasteiger partial charge in [0.15, 0.2) is 0 Å². The second-order valence-electron chi connectivity index (χ2n) is 24.5. The van der Waals surface area contributed by atoms with E-state index in [9.17, 15) is 30.3 Å². The van der Waals surface area contributed by atoms with Crippen molar-refractivity contribution >= 4 is 71.4 Å². The number of benzene rings is 6. The molecule has 0 bridgehead atoms. The van der Waals surface area contributed by atoms with Gasteiger partial charge in [0.2, 0.25) is 0 Å². The number of phenolic OH excluding ortho intramolecular Hbond substituents is 5. The molecule has 6 heterocycles. The summed E-state index contributed by atoms with van der Waals surface area (Å²) >= 11 is 0. The van der Waals surface area contributed by atoms with Crippen LogP contribution in [0, 0.1) is 0 Å². The number of nitrogens with zero attached hydrogens (tertiary/aromatic N) is 4. The molecule has 0 atom stereocenters. The van der Waals surface area contributed by atoms with Crippen LogP contribution >= 0.6 is 0 Å². The van der Waals surface area contributed by atoms with Crippen LogP contribution in [-0.2, 0) is 43.3 Å². The van der Waals surface area contributed by atoms with E-state index in [2.05, 4.69) is 110 Å². The van der Waals surface area contributed by atoms with Gasteiger partial charge in [0.05, 0.1) is 0 Å². The third kappa shape index (κ3) is 22.4.